The molecule has 0 aliphatic carbocycles. The van der Waals surface area contributed by atoms with E-state index in [4.69, 9.17) is 9.47 Å². The number of carbonyl (C=O) groups is 2. The zero-order chi connectivity index (χ0) is 28.7. The molecule has 0 aliphatic heterocycles. The number of esters is 1. The molecule has 0 aromatic heterocycles. The number of aryl methyl sites for hydroxylation is 2. The summed E-state index contributed by atoms with van der Waals surface area (Å²) in [6, 6.07) is 13.3. The van der Waals surface area contributed by atoms with Crippen LogP contribution in [0.4, 0.5) is 5.69 Å². The Bertz CT molecular complexity index is 1160. The predicted molar refractivity (Wildman–Crippen MR) is 153 cm³/mol. The Morgan fingerprint density at radius 2 is 1.63 bits per heavy atom. The van der Waals surface area contributed by atoms with Crippen LogP contribution in [0.2, 0.25) is 0 Å². The summed E-state index contributed by atoms with van der Waals surface area (Å²) < 4.78 is 11.4. The molecule has 7 heteroatoms. The molecule has 1 amide bonds. The number of allylic oxidation sites excluding steroid dienone is 2. The molecule has 0 aliphatic rings. The number of nitrogens with zero attached hydrogens (tertiary/aromatic N) is 2. The van der Waals surface area contributed by atoms with Crippen molar-refractivity contribution in [2.75, 3.05) is 25.0 Å². The number of carbonyl (C=O) groups excluding carboxylic acids is 2. The Balaban J connectivity index is 2.16. The van der Waals surface area contributed by atoms with Crippen molar-refractivity contribution in [3.63, 3.8) is 0 Å². The Morgan fingerprint density at radius 1 is 1.00 bits per heavy atom. The normalized spacial score (nSPS) is 12.3. The average Bonchev–Trinajstić information content (AvgIpc) is 2.78. The van der Waals surface area contributed by atoms with Gasteiger partial charge in [0.25, 0.3) is 0 Å². The number of anilines is 1. The van der Waals surface area contributed by atoms with Gasteiger partial charge in [0.2, 0.25) is 5.91 Å². The van der Waals surface area contributed by atoms with E-state index in [-0.39, 0.29) is 24.8 Å². The standard InChI is InChI=1S/C31H42N2O5/c1-10-11-25(34)20-33(21-28(35)32(9)27-17-12-22(2)18-23(27)3)19-24-13-15-26(16-14-24)37-31(7,8)29(36)38-30(4,5)6/h10-18,34H,1,19-21H2,2-9H3/b25-11-. The van der Waals surface area contributed by atoms with Gasteiger partial charge in [-0.25, -0.2) is 4.79 Å². The minimum absolute atomic E-state index is 0.0950. The van der Waals surface area contributed by atoms with Gasteiger partial charge < -0.3 is 19.5 Å². The predicted octanol–water partition coefficient (Wildman–Crippen LogP) is 5.90. The first kappa shape index (κ1) is 30.6. The smallest absolute Gasteiger partial charge is 0.350 e. The first-order valence-electron chi connectivity index (χ1n) is 12.7. The van der Waals surface area contributed by atoms with Gasteiger partial charge in [0, 0.05) is 19.3 Å². The van der Waals surface area contributed by atoms with E-state index in [0.29, 0.717) is 12.3 Å². The van der Waals surface area contributed by atoms with Crippen LogP contribution >= 0.6 is 0 Å². The summed E-state index contributed by atoms with van der Waals surface area (Å²) in [5.74, 6) is 0.0934. The van der Waals surface area contributed by atoms with Crippen LogP contribution in [0.5, 0.6) is 5.75 Å². The number of hydrogen-bond donors (Lipinski definition) is 1. The SMILES string of the molecule is C=C/C=C(\O)CN(CC(=O)N(C)c1ccc(C)cc1C)Cc1ccc(OC(C)(C)C(=O)OC(C)(C)C)cc1. The van der Waals surface area contributed by atoms with Crippen molar-refractivity contribution < 1.29 is 24.2 Å². The second-order valence-corrected chi connectivity index (χ2v) is 11.0. The van der Waals surface area contributed by atoms with Crippen molar-refractivity contribution >= 4 is 17.6 Å². The minimum atomic E-state index is -1.16. The van der Waals surface area contributed by atoms with E-state index < -0.39 is 17.2 Å². The number of likely N-dealkylation sites (N-methyl/N-ethyl adjacent to an activating group) is 1. The van der Waals surface area contributed by atoms with Gasteiger partial charge >= 0.3 is 5.97 Å². The molecule has 0 spiro atoms. The molecule has 0 saturated heterocycles. The summed E-state index contributed by atoms with van der Waals surface area (Å²) in [6.45, 7) is 17.1. The van der Waals surface area contributed by atoms with Crippen LogP contribution in [0.15, 0.2) is 67.0 Å². The van der Waals surface area contributed by atoms with Crippen molar-refractivity contribution in [1.29, 1.82) is 0 Å². The molecule has 0 bridgehead atoms. The van der Waals surface area contributed by atoms with Gasteiger partial charge in [-0.15, -0.1) is 0 Å². The highest BCUT2D eigenvalue weighted by atomic mass is 16.6. The molecule has 0 fully saturated rings. The lowest BCUT2D eigenvalue weighted by molar-refractivity contribution is -0.170. The van der Waals surface area contributed by atoms with Crippen LogP contribution < -0.4 is 9.64 Å². The van der Waals surface area contributed by atoms with Gasteiger partial charge in [-0.3, -0.25) is 9.69 Å². The lowest BCUT2D eigenvalue weighted by Gasteiger charge is -2.29. The monoisotopic (exact) mass is 522 g/mol. The van der Waals surface area contributed by atoms with E-state index in [9.17, 15) is 14.7 Å². The molecule has 0 saturated carbocycles. The fourth-order valence-electron chi connectivity index (χ4n) is 3.86. The third kappa shape index (κ3) is 9.38. The Hall–Kier alpha value is -3.58. The van der Waals surface area contributed by atoms with Crippen molar-refractivity contribution in [2.24, 2.45) is 0 Å². The van der Waals surface area contributed by atoms with Gasteiger partial charge in [-0.1, -0.05) is 42.5 Å². The maximum atomic E-state index is 13.2. The van der Waals surface area contributed by atoms with Crippen LogP contribution in [0.3, 0.4) is 0 Å². The molecule has 206 valence electrons. The van der Waals surface area contributed by atoms with E-state index in [1.807, 2.05) is 69.9 Å². The van der Waals surface area contributed by atoms with E-state index in [2.05, 4.69) is 6.58 Å². The van der Waals surface area contributed by atoms with E-state index in [0.717, 1.165) is 22.4 Å². The molecule has 0 atom stereocenters. The number of amides is 1. The lowest BCUT2D eigenvalue weighted by Crippen LogP contribution is -2.43. The van der Waals surface area contributed by atoms with Gasteiger partial charge in [-0.2, -0.15) is 0 Å². The van der Waals surface area contributed by atoms with Crippen molar-refractivity contribution in [3.05, 3.63) is 83.6 Å². The average molecular weight is 523 g/mol. The maximum absolute atomic E-state index is 13.2. The van der Waals surface area contributed by atoms with Crippen molar-refractivity contribution in [2.45, 2.75) is 66.2 Å². The van der Waals surface area contributed by atoms with Crippen LogP contribution in [0.25, 0.3) is 0 Å². The van der Waals surface area contributed by atoms with Gasteiger partial charge in [-0.05, 0) is 83.9 Å². The van der Waals surface area contributed by atoms with Gasteiger partial charge in [0.1, 0.15) is 17.1 Å². The van der Waals surface area contributed by atoms with Gasteiger partial charge in [0.05, 0.1) is 13.1 Å². The zero-order valence-corrected chi connectivity index (χ0v) is 24.0. The summed E-state index contributed by atoms with van der Waals surface area (Å²) in [6.07, 6.45) is 3.02. The summed E-state index contributed by atoms with van der Waals surface area (Å²) in [4.78, 5) is 29.2. The number of hydrogen-bond acceptors (Lipinski definition) is 6. The molecule has 2 aromatic rings. The molecular formula is C31H42N2O5. The largest absolute Gasteiger partial charge is 0.511 e. The second kappa shape index (κ2) is 12.8. The van der Waals surface area contributed by atoms with Crippen LogP contribution in [0.1, 0.15) is 51.3 Å². The Labute approximate surface area is 227 Å². The number of benzene rings is 2. The highest BCUT2D eigenvalue weighted by Gasteiger charge is 2.34. The zero-order valence-electron chi connectivity index (χ0n) is 24.0. The van der Waals surface area contributed by atoms with E-state index in [1.165, 1.54) is 12.2 Å². The molecule has 0 radical (unpaired) electrons. The fraction of sp³-hybridized carbons (Fsp3) is 0.419. The van der Waals surface area contributed by atoms with Crippen molar-refractivity contribution in [3.8, 4) is 5.75 Å². The Kier molecular flexibility index (Phi) is 10.3. The summed E-state index contributed by atoms with van der Waals surface area (Å²) in [5.41, 5.74) is 2.15. The highest BCUT2D eigenvalue weighted by molar-refractivity contribution is 5.95. The third-order valence-corrected chi connectivity index (χ3v) is 5.74. The topological polar surface area (TPSA) is 79.3 Å². The van der Waals surface area contributed by atoms with Crippen LogP contribution in [-0.4, -0.2) is 53.2 Å². The number of aliphatic hydroxyl groups is 1. The summed E-state index contributed by atoms with van der Waals surface area (Å²) in [7, 11) is 1.76. The van der Waals surface area contributed by atoms with E-state index in [1.54, 1.807) is 37.9 Å². The molecule has 0 unspecified atom stereocenters. The van der Waals surface area contributed by atoms with Crippen LogP contribution in [0, 0.1) is 13.8 Å². The van der Waals surface area contributed by atoms with Crippen LogP contribution in [-0.2, 0) is 20.9 Å². The molecular weight excluding hydrogens is 480 g/mol. The summed E-state index contributed by atoms with van der Waals surface area (Å²) in [5, 5.41) is 10.3. The number of rotatable bonds is 11. The molecule has 7 nitrogen and oxygen atoms in total. The fourth-order valence-corrected chi connectivity index (χ4v) is 3.86. The Morgan fingerprint density at radius 3 is 2.18 bits per heavy atom. The summed E-state index contributed by atoms with van der Waals surface area (Å²) >= 11 is 0. The highest BCUT2D eigenvalue weighted by Crippen LogP contribution is 2.24. The maximum Gasteiger partial charge on any atom is 0.350 e. The first-order valence-corrected chi connectivity index (χ1v) is 12.7. The second-order valence-electron chi connectivity index (χ2n) is 11.0. The molecule has 0 heterocycles. The third-order valence-electron chi connectivity index (χ3n) is 5.74. The molecule has 2 aromatic carbocycles. The van der Waals surface area contributed by atoms with Gasteiger partial charge in [0.15, 0.2) is 5.60 Å². The van der Waals surface area contributed by atoms with Crippen molar-refractivity contribution in [1.82, 2.24) is 4.90 Å². The quantitative estimate of drug-likeness (QED) is 0.225. The first-order chi connectivity index (χ1) is 17.6. The van der Waals surface area contributed by atoms with E-state index >= 15 is 0 Å². The number of aliphatic hydroxyl groups excluding tert-OH is 1. The lowest BCUT2D eigenvalue weighted by atomic mass is 10.1. The molecule has 38 heavy (non-hydrogen) atoms. The molecule has 1 N–H and O–H groups in total. The molecule has 2 rings (SSSR count). The minimum Gasteiger partial charge on any atom is -0.511 e. The number of ether oxygens (including phenoxy) is 2.